The summed E-state index contributed by atoms with van der Waals surface area (Å²) in [6.07, 6.45) is 2.95. The van der Waals surface area contributed by atoms with Crippen molar-refractivity contribution in [2.75, 3.05) is 29.5 Å². The van der Waals surface area contributed by atoms with E-state index in [-0.39, 0.29) is 34.9 Å². The minimum absolute atomic E-state index is 0.00358. The van der Waals surface area contributed by atoms with Gasteiger partial charge in [0.2, 0.25) is 0 Å². The molecule has 11 heteroatoms. The summed E-state index contributed by atoms with van der Waals surface area (Å²) in [7, 11) is -3.20. The fourth-order valence-corrected chi connectivity index (χ4v) is 6.16. The average molecular weight is 486 g/mol. The third kappa shape index (κ3) is 4.83. The van der Waals surface area contributed by atoms with Crippen molar-refractivity contribution in [1.29, 1.82) is 5.26 Å². The van der Waals surface area contributed by atoms with E-state index in [4.69, 9.17) is 9.72 Å². The SMILES string of the molecule is Cc1cccn2c(=O)c(/C=C(\C#N)C(=O)N[C@H]3CCS(=O)(=O)C3)c(N3C[C@@H](C)O[C@H](C)C3)nc12. The van der Waals surface area contributed by atoms with E-state index in [1.165, 1.54) is 10.5 Å². The standard InChI is InChI=1S/C23H27N5O5S/c1-14-5-4-7-28-20(14)26-21(27-11-15(2)33-16(3)12-27)19(23(28)30)9-17(10-24)22(29)25-18-6-8-34(31,32)13-18/h4-5,7,9,15-16,18H,6,8,11-13H2,1-3H3,(H,25,29)/b17-9+/t15-,16-,18+/m1/s1. The van der Waals surface area contributed by atoms with Crippen LogP contribution < -0.4 is 15.8 Å². The van der Waals surface area contributed by atoms with Crippen molar-refractivity contribution in [1.82, 2.24) is 14.7 Å². The van der Waals surface area contributed by atoms with Gasteiger partial charge in [-0.1, -0.05) is 6.07 Å². The molecule has 2 aromatic rings. The Kier molecular flexibility index (Phi) is 6.47. The number of amides is 1. The van der Waals surface area contributed by atoms with Gasteiger partial charge >= 0.3 is 0 Å². The maximum atomic E-state index is 13.5. The lowest BCUT2D eigenvalue weighted by Crippen LogP contribution is -2.46. The van der Waals surface area contributed by atoms with Crippen LogP contribution in [0.5, 0.6) is 0 Å². The second-order valence-electron chi connectivity index (χ2n) is 8.94. The number of pyridine rings is 1. The number of aryl methyl sites for hydroxylation is 1. The molecule has 0 aromatic carbocycles. The summed E-state index contributed by atoms with van der Waals surface area (Å²) in [4.78, 5) is 33.0. The van der Waals surface area contributed by atoms with Gasteiger partial charge in [0.05, 0.1) is 29.3 Å². The minimum atomic E-state index is -3.20. The predicted molar refractivity (Wildman–Crippen MR) is 127 cm³/mol. The molecular weight excluding hydrogens is 458 g/mol. The van der Waals surface area contributed by atoms with Crippen LogP contribution in [0.1, 0.15) is 31.4 Å². The van der Waals surface area contributed by atoms with Gasteiger partial charge < -0.3 is 15.0 Å². The number of hydrogen-bond donors (Lipinski definition) is 1. The molecule has 4 rings (SSSR count). The molecule has 180 valence electrons. The van der Waals surface area contributed by atoms with Crippen LogP contribution in [-0.2, 0) is 19.4 Å². The van der Waals surface area contributed by atoms with Crippen molar-refractivity contribution in [3.8, 4) is 6.07 Å². The third-order valence-electron chi connectivity index (χ3n) is 6.00. The zero-order chi connectivity index (χ0) is 24.6. The Hall–Kier alpha value is -3.23. The second-order valence-corrected chi connectivity index (χ2v) is 11.2. The lowest BCUT2D eigenvalue weighted by Gasteiger charge is -2.36. The van der Waals surface area contributed by atoms with E-state index in [0.29, 0.717) is 31.0 Å². The molecule has 2 aromatic heterocycles. The van der Waals surface area contributed by atoms with E-state index < -0.39 is 27.3 Å². The highest BCUT2D eigenvalue weighted by Crippen LogP contribution is 2.24. The zero-order valence-corrected chi connectivity index (χ0v) is 20.1. The number of anilines is 1. The lowest BCUT2D eigenvalue weighted by atomic mass is 10.1. The molecule has 3 atom stereocenters. The predicted octanol–water partition coefficient (Wildman–Crippen LogP) is 0.827. The molecule has 34 heavy (non-hydrogen) atoms. The van der Waals surface area contributed by atoms with E-state index in [0.717, 1.165) is 5.56 Å². The highest BCUT2D eigenvalue weighted by molar-refractivity contribution is 7.91. The molecule has 0 bridgehead atoms. The Morgan fingerprint density at radius 3 is 2.65 bits per heavy atom. The molecule has 2 fully saturated rings. The number of hydrogen-bond acceptors (Lipinski definition) is 8. The maximum Gasteiger partial charge on any atom is 0.267 e. The third-order valence-corrected chi connectivity index (χ3v) is 7.77. The largest absolute Gasteiger partial charge is 0.372 e. The van der Waals surface area contributed by atoms with E-state index >= 15 is 0 Å². The summed E-state index contributed by atoms with van der Waals surface area (Å²) >= 11 is 0. The van der Waals surface area contributed by atoms with Crippen LogP contribution in [0.2, 0.25) is 0 Å². The van der Waals surface area contributed by atoms with Gasteiger partial charge in [0.25, 0.3) is 11.5 Å². The number of nitrogens with zero attached hydrogens (tertiary/aromatic N) is 4. The molecule has 2 aliphatic heterocycles. The first-order valence-corrected chi connectivity index (χ1v) is 13.0. The van der Waals surface area contributed by atoms with Crippen LogP contribution in [0.3, 0.4) is 0 Å². The van der Waals surface area contributed by atoms with E-state index in [1.54, 1.807) is 12.3 Å². The number of carbonyl (C=O) groups is 1. The molecule has 4 heterocycles. The van der Waals surface area contributed by atoms with Gasteiger partial charge in [-0.05, 0) is 44.9 Å². The lowest BCUT2D eigenvalue weighted by molar-refractivity contribution is -0.117. The van der Waals surface area contributed by atoms with E-state index in [2.05, 4.69) is 5.32 Å². The van der Waals surface area contributed by atoms with Gasteiger partial charge in [0.15, 0.2) is 9.84 Å². The van der Waals surface area contributed by atoms with Crippen molar-refractivity contribution >= 4 is 33.3 Å². The monoisotopic (exact) mass is 485 g/mol. The summed E-state index contributed by atoms with van der Waals surface area (Å²) in [5.74, 6) is -0.499. The van der Waals surface area contributed by atoms with Gasteiger partial charge in [-0.15, -0.1) is 0 Å². The Bertz CT molecular complexity index is 1360. The number of sulfone groups is 1. The van der Waals surface area contributed by atoms with Crippen LogP contribution in [-0.4, -0.2) is 66.6 Å². The molecule has 0 unspecified atom stereocenters. The Morgan fingerprint density at radius 2 is 2.03 bits per heavy atom. The van der Waals surface area contributed by atoms with Crippen LogP contribution in [0, 0.1) is 18.3 Å². The highest BCUT2D eigenvalue weighted by Gasteiger charge is 2.30. The second kappa shape index (κ2) is 9.19. The number of rotatable bonds is 4. The van der Waals surface area contributed by atoms with Crippen LogP contribution in [0.4, 0.5) is 5.82 Å². The normalized spacial score (nSPS) is 24.7. The summed E-state index contributed by atoms with van der Waals surface area (Å²) in [5, 5.41) is 12.3. The fourth-order valence-electron chi connectivity index (χ4n) is 4.48. The number of carbonyl (C=O) groups excluding carboxylic acids is 1. The molecular formula is C23H27N5O5S. The van der Waals surface area contributed by atoms with Gasteiger partial charge in [0.1, 0.15) is 23.1 Å². The van der Waals surface area contributed by atoms with Crippen molar-refractivity contribution in [3.05, 3.63) is 45.4 Å². The molecule has 1 N–H and O–H groups in total. The highest BCUT2D eigenvalue weighted by atomic mass is 32.2. The van der Waals surface area contributed by atoms with Gasteiger partial charge in [-0.25, -0.2) is 13.4 Å². The first-order valence-electron chi connectivity index (χ1n) is 11.1. The molecule has 2 aliphatic rings. The first-order chi connectivity index (χ1) is 16.1. The smallest absolute Gasteiger partial charge is 0.267 e. The van der Waals surface area contributed by atoms with Crippen molar-refractivity contribution in [2.24, 2.45) is 0 Å². The van der Waals surface area contributed by atoms with Gasteiger partial charge in [0, 0.05) is 25.3 Å². The Balaban J connectivity index is 1.80. The van der Waals surface area contributed by atoms with Gasteiger partial charge in [-0.2, -0.15) is 5.26 Å². The van der Waals surface area contributed by atoms with Gasteiger partial charge in [-0.3, -0.25) is 14.0 Å². The van der Waals surface area contributed by atoms with Crippen molar-refractivity contribution in [3.63, 3.8) is 0 Å². The van der Waals surface area contributed by atoms with Crippen LogP contribution in [0.25, 0.3) is 11.7 Å². The molecule has 0 saturated carbocycles. The zero-order valence-electron chi connectivity index (χ0n) is 19.3. The quantitative estimate of drug-likeness (QED) is 0.497. The molecule has 0 spiro atoms. The number of morpholine rings is 1. The van der Waals surface area contributed by atoms with Crippen molar-refractivity contribution in [2.45, 2.75) is 45.4 Å². The molecule has 0 radical (unpaired) electrons. The fraction of sp³-hybridized carbons (Fsp3) is 0.478. The number of ether oxygens (including phenoxy) is 1. The van der Waals surface area contributed by atoms with E-state index in [9.17, 15) is 23.3 Å². The first kappa shape index (κ1) is 23.9. The average Bonchev–Trinajstić information content (AvgIpc) is 3.10. The summed E-state index contributed by atoms with van der Waals surface area (Å²) in [5.41, 5.74) is 0.734. The summed E-state index contributed by atoms with van der Waals surface area (Å²) in [6.45, 7) is 6.71. The summed E-state index contributed by atoms with van der Waals surface area (Å²) in [6, 6.07) is 4.89. The number of nitriles is 1. The van der Waals surface area contributed by atoms with E-state index in [1.807, 2.05) is 37.8 Å². The van der Waals surface area contributed by atoms with Crippen LogP contribution in [0.15, 0.2) is 28.7 Å². The summed E-state index contributed by atoms with van der Waals surface area (Å²) < 4.78 is 30.7. The molecule has 2 saturated heterocycles. The maximum absolute atomic E-state index is 13.5. The molecule has 0 aliphatic carbocycles. The van der Waals surface area contributed by atoms with Crippen molar-refractivity contribution < 1.29 is 17.9 Å². The molecule has 10 nitrogen and oxygen atoms in total. The topological polar surface area (TPSA) is 134 Å². The minimum Gasteiger partial charge on any atom is -0.372 e. The van der Waals surface area contributed by atoms with Crippen LogP contribution >= 0.6 is 0 Å². The number of nitrogens with one attached hydrogen (secondary N) is 1. The Labute approximate surface area is 197 Å². The Morgan fingerprint density at radius 1 is 1.32 bits per heavy atom. The molecule has 1 amide bonds. The number of fused-ring (bicyclic) bond motifs is 1. The number of aromatic nitrogens is 2.